The number of rotatable bonds is 0. The fourth-order valence-corrected chi connectivity index (χ4v) is 1.83. The summed E-state index contributed by atoms with van der Waals surface area (Å²) in [6, 6.07) is 10.1. The summed E-state index contributed by atoms with van der Waals surface area (Å²) in [7, 11) is 2.05. The number of aromatic nitrogens is 1. The molecule has 1 nitrogen and oxygen atoms in total. The highest BCUT2D eigenvalue weighted by Crippen LogP contribution is 2.20. The van der Waals surface area contributed by atoms with Crippen LogP contribution < -0.4 is 17.0 Å². The van der Waals surface area contributed by atoms with E-state index in [4.69, 9.17) is 11.6 Å². The molecule has 0 aliphatic heterocycles. The van der Waals surface area contributed by atoms with Gasteiger partial charge in [-0.25, -0.2) is 0 Å². The summed E-state index contributed by atoms with van der Waals surface area (Å²) < 4.78 is 2.14. The number of aryl methyl sites for hydroxylation is 2. The SMILES string of the molecule is Cc1cc(Cl)c2ccccc2[n+]1C.[Cl-]. The minimum atomic E-state index is 0. The van der Waals surface area contributed by atoms with Crippen LogP contribution in [0.2, 0.25) is 5.02 Å². The number of pyridine rings is 1. The number of benzene rings is 1. The molecule has 0 bridgehead atoms. The zero-order chi connectivity index (χ0) is 9.42. The maximum absolute atomic E-state index is 6.12. The molecule has 0 fully saturated rings. The molecule has 3 heteroatoms. The van der Waals surface area contributed by atoms with Gasteiger partial charge >= 0.3 is 0 Å². The lowest BCUT2D eigenvalue weighted by Crippen LogP contribution is -3.00. The largest absolute Gasteiger partial charge is 1.00 e. The molecule has 74 valence electrons. The summed E-state index contributed by atoms with van der Waals surface area (Å²) in [6.07, 6.45) is 0. The van der Waals surface area contributed by atoms with Crippen LogP contribution in [-0.4, -0.2) is 0 Å². The number of nitrogens with zero attached hydrogens (tertiary/aromatic N) is 1. The second kappa shape index (κ2) is 4.16. The van der Waals surface area contributed by atoms with Crippen LogP contribution in [0.1, 0.15) is 5.69 Å². The zero-order valence-corrected chi connectivity index (χ0v) is 9.60. The van der Waals surface area contributed by atoms with Crippen molar-refractivity contribution < 1.29 is 17.0 Å². The van der Waals surface area contributed by atoms with Crippen molar-refractivity contribution in [3.8, 4) is 0 Å². The van der Waals surface area contributed by atoms with Crippen LogP contribution in [0.3, 0.4) is 0 Å². The van der Waals surface area contributed by atoms with Gasteiger partial charge in [-0.05, 0) is 6.07 Å². The molecule has 2 rings (SSSR count). The minimum absolute atomic E-state index is 0. The second-order valence-electron chi connectivity index (χ2n) is 3.21. The summed E-state index contributed by atoms with van der Waals surface area (Å²) in [5, 5.41) is 1.93. The average molecular weight is 228 g/mol. The third-order valence-electron chi connectivity index (χ3n) is 2.39. The molecule has 0 saturated carbocycles. The van der Waals surface area contributed by atoms with E-state index in [1.165, 1.54) is 11.2 Å². The van der Waals surface area contributed by atoms with Crippen LogP contribution in [0.4, 0.5) is 0 Å². The summed E-state index contributed by atoms with van der Waals surface area (Å²) in [4.78, 5) is 0. The van der Waals surface area contributed by atoms with Gasteiger partial charge in [0.2, 0.25) is 5.52 Å². The van der Waals surface area contributed by atoms with Crippen LogP contribution in [0, 0.1) is 6.92 Å². The number of para-hydroxylation sites is 1. The van der Waals surface area contributed by atoms with Crippen molar-refractivity contribution in [1.29, 1.82) is 0 Å². The van der Waals surface area contributed by atoms with Gasteiger partial charge in [-0.15, -0.1) is 0 Å². The molecule has 1 aromatic heterocycles. The normalized spacial score (nSPS) is 9.93. The fourth-order valence-electron chi connectivity index (χ4n) is 1.52. The van der Waals surface area contributed by atoms with Crippen LogP contribution in [0.5, 0.6) is 0 Å². The Morgan fingerprint density at radius 1 is 1.21 bits per heavy atom. The Labute approximate surface area is 94.7 Å². The van der Waals surface area contributed by atoms with Gasteiger partial charge in [0, 0.05) is 19.1 Å². The molecule has 0 saturated heterocycles. The molecule has 0 N–H and O–H groups in total. The average Bonchev–Trinajstić information content (AvgIpc) is 2.15. The predicted molar refractivity (Wildman–Crippen MR) is 54.9 cm³/mol. The molecule has 1 heterocycles. The molecule has 2 aromatic rings. The molecule has 1 aromatic carbocycles. The summed E-state index contributed by atoms with van der Waals surface area (Å²) in [6.45, 7) is 2.05. The van der Waals surface area contributed by atoms with E-state index in [1.54, 1.807) is 0 Å². The smallest absolute Gasteiger partial charge is 0.213 e. The van der Waals surface area contributed by atoms with E-state index in [2.05, 4.69) is 17.6 Å². The van der Waals surface area contributed by atoms with Gasteiger partial charge in [-0.2, -0.15) is 4.57 Å². The number of hydrogen-bond acceptors (Lipinski definition) is 0. The highest BCUT2D eigenvalue weighted by molar-refractivity contribution is 6.35. The Hall–Kier alpha value is -0.790. The van der Waals surface area contributed by atoms with Gasteiger partial charge in [0.15, 0.2) is 5.69 Å². The number of hydrogen-bond donors (Lipinski definition) is 0. The Kier molecular flexibility index (Phi) is 3.35. The lowest BCUT2D eigenvalue weighted by atomic mass is 10.2. The molecule has 0 amide bonds. The molecule has 14 heavy (non-hydrogen) atoms. The van der Waals surface area contributed by atoms with E-state index < -0.39 is 0 Å². The maximum atomic E-state index is 6.12. The van der Waals surface area contributed by atoms with Crippen molar-refractivity contribution in [2.45, 2.75) is 6.92 Å². The Balaban J connectivity index is 0.000000980. The quantitative estimate of drug-likeness (QED) is 0.542. The molecule has 0 aliphatic rings. The molecule has 0 aliphatic carbocycles. The monoisotopic (exact) mass is 227 g/mol. The van der Waals surface area contributed by atoms with Crippen molar-refractivity contribution in [1.82, 2.24) is 0 Å². The second-order valence-corrected chi connectivity index (χ2v) is 3.62. The van der Waals surface area contributed by atoms with Crippen LogP contribution in [0.25, 0.3) is 10.9 Å². The van der Waals surface area contributed by atoms with E-state index in [9.17, 15) is 0 Å². The van der Waals surface area contributed by atoms with Crippen molar-refractivity contribution in [2.24, 2.45) is 7.05 Å². The van der Waals surface area contributed by atoms with Crippen molar-refractivity contribution >= 4 is 22.5 Å². The fraction of sp³-hybridized carbons (Fsp3) is 0.182. The van der Waals surface area contributed by atoms with E-state index >= 15 is 0 Å². The van der Waals surface area contributed by atoms with Gasteiger partial charge in [-0.3, -0.25) is 0 Å². The van der Waals surface area contributed by atoms with Crippen LogP contribution in [-0.2, 0) is 7.05 Å². The highest BCUT2D eigenvalue weighted by atomic mass is 35.5. The van der Waals surface area contributed by atoms with Gasteiger partial charge in [0.05, 0.1) is 10.4 Å². The first-order valence-corrected chi connectivity index (χ1v) is 4.62. The zero-order valence-electron chi connectivity index (χ0n) is 8.09. The summed E-state index contributed by atoms with van der Waals surface area (Å²) >= 11 is 6.12. The van der Waals surface area contributed by atoms with E-state index in [0.29, 0.717) is 0 Å². The lowest BCUT2D eigenvalue weighted by molar-refractivity contribution is -0.651. The molecule has 0 atom stereocenters. The maximum Gasteiger partial charge on any atom is 0.213 e. The Morgan fingerprint density at radius 2 is 1.86 bits per heavy atom. The number of halogens is 2. The molecule has 0 radical (unpaired) electrons. The third-order valence-corrected chi connectivity index (χ3v) is 2.70. The van der Waals surface area contributed by atoms with Crippen LogP contribution >= 0.6 is 11.6 Å². The summed E-state index contributed by atoms with van der Waals surface area (Å²) in [5.41, 5.74) is 2.34. The summed E-state index contributed by atoms with van der Waals surface area (Å²) in [5.74, 6) is 0. The van der Waals surface area contributed by atoms with Crippen molar-refractivity contribution in [3.05, 3.63) is 41.0 Å². The molecular formula is C11H11Cl2N. The molecular weight excluding hydrogens is 217 g/mol. The number of fused-ring (bicyclic) bond motifs is 1. The highest BCUT2D eigenvalue weighted by Gasteiger charge is 2.10. The Morgan fingerprint density at radius 3 is 2.57 bits per heavy atom. The van der Waals surface area contributed by atoms with E-state index in [1.807, 2.05) is 31.3 Å². The van der Waals surface area contributed by atoms with E-state index in [-0.39, 0.29) is 12.4 Å². The molecule has 0 spiro atoms. The standard InChI is InChI=1S/C11H11ClN.ClH/c1-8-7-10(12)9-5-3-4-6-11(9)13(8)2;/h3-7H,1-2H3;1H/q+1;/p-1. The van der Waals surface area contributed by atoms with Gasteiger partial charge in [-0.1, -0.05) is 23.7 Å². The minimum Gasteiger partial charge on any atom is -1.00 e. The van der Waals surface area contributed by atoms with Crippen molar-refractivity contribution in [3.63, 3.8) is 0 Å². The first-order valence-electron chi connectivity index (χ1n) is 4.24. The topological polar surface area (TPSA) is 3.88 Å². The lowest BCUT2D eigenvalue weighted by Gasteiger charge is -2.00. The Bertz CT molecular complexity index is 466. The third kappa shape index (κ3) is 1.70. The molecule has 0 unspecified atom stereocenters. The first-order chi connectivity index (χ1) is 6.20. The van der Waals surface area contributed by atoms with Gasteiger partial charge in [0.1, 0.15) is 7.05 Å². The predicted octanol–water partition coefficient (Wildman–Crippen LogP) is -0.370. The van der Waals surface area contributed by atoms with Gasteiger partial charge in [0.25, 0.3) is 0 Å². The van der Waals surface area contributed by atoms with Crippen LogP contribution in [0.15, 0.2) is 30.3 Å². The van der Waals surface area contributed by atoms with Gasteiger partial charge < -0.3 is 12.4 Å². The van der Waals surface area contributed by atoms with E-state index in [0.717, 1.165) is 10.4 Å². The first kappa shape index (κ1) is 11.3. The van der Waals surface area contributed by atoms with Crippen molar-refractivity contribution in [2.75, 3.05) is 0 Å².